The molecule has 0 radical (unpaired) electrons. The molecular weight excluding hydrogens is 288 g/mol. The van der Waals surface area contributed by atoms with Crippen molar-refractivity contribution in [1.29, 1.82) is 0 Å². The molecule has 2 aromatic carbocycles. The van der Waals surface area contributed by atoms with E-state index in [0.29, 0.717) is 5.02 Å². The molecule has 0 spiro atoms. The molecule has 2 aromatic rings. The SMILES string of the molecule is CC/C(=N/Nc1ccc(C(=O)O)cc1)c1ccc(Cl)cc1. The van der Waals surface area contributed by atoms with Crippen molar-refractivity contribution in [3.8, 4) is 0 Å². The molecule has 0 aliphatic heterocycles. The fourth-order valence-electron chi connectivity index (χ4n) is 1.81. The van der Waals surface area contributed by atoms with Crippen LogP contribution in [0.15, 0.2) is 53.6 Å². The first kappa shape index (κ1) is 15.1. The molecule has 0 aromatic heterocycles. The van der Waals surface area contributed by atoms with Crippen LogP contribution in [0.2, 0.25) is 5.02 Å². The van der Waals surface area contributed by atoms with Crippen LogP contribution in [-0.2, 0) is 0 Å². The van der Waals surface area contributed by atoms with Crippen molar-refractivity contribution in [2.75, 3.05) is 5.43 Å². The molecule has 108 valence electrons. The summed E-state index contributed by atoms with van der Waals surface area (Å²) in [6.07, 6.45) is 0.766. The van der Waals surface area contributed by atoms with Crippen molar-refractivity contribution in [3.05, 3.63) is 64.7 Å². The van der Waals surface area contributed by atoms with E-state index in [1.54, 1.807) is 12.1 Å². The van der Waals surface area contributed by atoms with E-state index >= 15 is 0 Å². The van der Waals surface area contributed by atoms with E-state index in [2.05, 4.69) is 10.5 Å². The molecule has 0 atom stereocenters. The highest BCUT2D eigenvalue weighted by Crippen LogP contribution is 2.13. The minimum absolute atomic E-state index is 0.248. The maximum atomic E-state index is 10.8. The summed E-state index contributed by atoms with van der Waals surface area (Å²) in [6.45, 7) is 2.02. The first-order valence-electron chi connectivity index (χ1n) is 6.52. The smallest absolute Gasteiger partial charge is 0.335 e. The number of carbonyl (C=O) groups is 1. The van der Waals surface area contributed by atoms with Crippen molar-refractivity contribution in [2.24, 2.45) is 5.10 Å². The summed E-state index contributed by atoms with van der Waals surface area (Å²) in [5, 5.41) is 13.9. The number of nitrogens with one attached hydrogen (secondary N) is 1. The van der Waals surface area contributed by atoms with Crippen LogP contribution in [0.4, 0.5) is 5.69 Å². The predicted octanol–water partition coefficient (Wildman–Crippen LogP) is 4.26. The largest absolute Gasteiger partial charge is 0.478 e. The van der Waals surface area contributed by atoms with E-state index in [1.165, 1.54) is 12.1 Å². The Morgan fingerprint density at radius 2 is 1.67 bits per heavy atom. The van der Waals surface area contributed by atoms with Gasteiger partial charge >= 0.3 is 5.97 Å². The highest BCUT2D eigenvalue weighted by Gasteiger charge is 2.03. The van der Waals surface area contributed by atoms with Crippen molar-refractivity contribution in [3.63, 3.8) is 0 Å². The van der Waals surface area contributed by atoms with E-state index in [4.69, 9.17) is 16.7 Å². The second-order valence-corrected chi connectivity index (χ2v) is 4.85. The lowest BCUT2D eigenvalue weighted by Crippen LogP contribution is -2.03. The fourth-order valence-corrected chi connectivity index (χ4v) is 1.94. The van der Waals surface area contributed by atoms with Crippen LogP contribution in [0.1, 0.15) is 29.3 Å². The van der Waals surface area contributed by atoms with Crippen LogP contribution in [0.25, 0.3) is 0 Å². The Balaban J connectivity index is 2.13. The zero-order chi connectivity index (χ0) is 15.2. The van der Waals surface area contributed by atoms with Gasteiger partial charge in [0.1, 0.15) is 0 Å². The van der Waals surface area contributed by atoms with Crippen LogP contribution in [0.5, 0.6) is 0 Å². The summed E-state index contributed by atoms with van der Waals surface area (Å²) in [6, 6.07) is 13.9. The van der Waals surface area contributed by atoms with E-state index in [-0.39, 0.29) is 5.56 Å². The molecule has 5 heteroatoms. The minimum atomic E-state index is -0.944. The standard InChI is InChI=1S/C16H15ClN2O2/c1-2-15(11-3-7-13(17)8-4-11)19-18-14-9-5-12(6-10-14)16(20)21/h3-10,18H,2H2,1H3,(H,20,21)/b19-15-. The molecule has 0 unspecified atom stereocenters. The molecule has 0 heterocycles. The van der Waals surface area contributed by atoms with Crippen molar-refractivity contribution >= 4 is 29.0 Å². The molecule has 0 aliphatic carbocycles. The third-order valence-corrected chi connectivity index (χ3v) is 3.22. The van der Waals surface area contributed by atoms with E-state index in [9.17, 15) is 4.79 Å². The van der Waals surface area contributed by atoms with Gasteiger partial charge in [0.25, 0.3) is 0 Å². The van der Waals surface area contributed by atoms with Crippen LogP contribution < -0.4 is 5.43 Å². The van der Waals surface area contributed by atoms with Gasteiger partial charge in [-0.25, -0.2) is 4.79 Å². The average Bonchev–Trinajstić information content (AvgIpc) is 2.50. The molecule has 2 N–H and O–H groups in total. The lowest BCUT2D eigenvalue weighted by atomic mass is 10.1. The Hall–Kier alpha value is -2.33. The predicted molar refractivity (Wildman–Crippen MR) is 85.3 cm³/mol. The summed E-state index contributed by atoms with van der Waals surface area (Å²) < 4.78 is 0. The summed E-state index contributed by atoms with van der Waals surface area (Å²) >= 11 is 5.87. The summed E-state index contributed by atoms with van der Waals surface area (Å²) in [5.41, 5.74) is 5.82. The molecular formula is C16H15ClN2O2. The Kier molecular flexibility index (Phi) is 4.95. The number of carboxylic acid groups (broad SMARTS) is 1. The van der Waals surface area contributed by atoms with Gasteiger partial charge in [-0.3, -0.25) is 5.43 Å². The Labute approximate surface area is 128 Å². The topological polar surface area (TPSA) is 61.7 Å². The summed E-state index contributed by atoms with van der Waals surface area (Å²) in [5.74, 6) is -0.944. The second kappa shape index (κ2) is 6.90. The third-order valence-electron chi connectivity index (χ3n) is 2.96. The Morgan fingerprint density at radius 1 is 1.10 bits per heavy atom. The van der Waals surface area contributed by atoms with Gasteiger partial charge in [0.05, 0.1) is 17.0 Å². The van der Waals surface area contributed by atoms with Gasteiger partial charge in [-0.15, -0.1) is 0 Å². The molecule has 0 saturated heterocycles. The van der Waals surface area contributed by atoms with Gasteiger partial charge in [0.15, 0.2) is 0 Å². The maximum Gasteiger partial charge on any atom is 0.335 e. The highest BCUT2D eigenvalue weighted by molar-refractivity contribution is 6.30. The van der Waals surface area contributed by atoms with Gasteiger partial charge in [-0.05, 0) is 48.4 Å². The lowest BCUT2D eigenvalue weighted by Gasteiger charge is -2.06. The minimum Gasteiger partial charge on any atom is -0.478 e. The quantitative estimate of drug-likeness (QED) is 0.640. The zero-order valence-electron chi connectivity index (χ0n) is 11.5. The number of benzene rings is 2. The first-order chi connectivity index (χ1) is 10.1. The van der Waals surface area contributed by atoms with E-state index in [1.807, 2.05) is 31.2 Å². The maximum absolute atomic E-state index is 10.8. The molecule has 0 saturated carbocycles. The molecule has 0 bridgehead atoms. The first-order valence-corrected chi connectivity index (χ1v) is 6.90. The second-order valence-electron chi connectivity index (χ2n) is 4.41. The van der Waals surface area contributed by atoms with Crippen molar-refractivity contribution in [2.45, 2.75) is 13.3 Å². The molecule has 2 rings (SSSR count). The molecule has 0 aliphatic rings. The lowest BCUT2D eigenvalue weighted by molar-refractivity contribution is 0.0697. The van der Waals surface area contributed by atoms with E-state index < -0.39 is 5.97 Å². The fraction of sp³-hybridized carbons (Fsp3) is 0.125. The number of aromatic carboxylic acids is 1. The van der Waals surface area contributed by atoms with Crippen LogP contribution >= 0.6 is 11.6 Å². The van der Waals surface area contributed by atoms with Crippen LogP contribution in [0, 0.1) is 0 Å². The number of halogens is 1. The molecule has 21 heavy (non-hydrogen) atoms. The van der Waals surface area contributed by atoms with Crippen LogP contribution in [-0.4, -0.2) is 16.8 Å². The Bertz CT molecular complexity index is 649. The Morgan fingerprint density at radius 3 is 2.19 bits per heavy atom. The molecule has 0 amide bonds. The van der Waals surface area contributed by atoms with E-state index in [0.717, 1.165) is 23.4 Å². The highest BCUT2D eigenvalue weighted by atomic mass is 35.5. The number of rotatable bonds is 5. The van der Waals surface area contributed by atoms with Gasteiger partial charge in [0.2, 0.25) is 0 Å². The monoisotopic (exact) mass is 302 g/mol. The van der Waals surface area contributed by atoms with Crippen molar-refractivity contribution < 1.29 is 9.90 Å². The normalized spacial score (nSPS) is 11.2. The number of carboxylic acids is 1. The van der Waals surface area contributed by atoms with Crippen LogP contribution in [0.3, 0.4) is 0 Å². The number of anilines is 1. The van der Waals surface area contributed by atoms with Gasteiger partial charge in [0, 0.05) is 5.02 Å². The summed E-state index contributed by atoms with van der Waals surface area (Å²) in [7, 11) is 0. The molecule has 0 fully saturated rings. The third kappa shape index (κ3) is 4.07. The molecule has 4 nitrogen and oxygen atoms in total. The number of hydrogen-bond donors (Lipinski definition) is 2. The number of nitrogens with zero attached hydrogens (tertiary/aromatic N) is 1. The van der Waals surface area contributed by atoms with Crippen molar-refractivity contribution in [1.82, 2.24) is 0 Å². The van der Waals surface area contributed by atoms with Gasteiger partial charge in [-0.2, -0.15) is 5.10 Å². The average molecular weight is 303 g/mol. The number of hydrazone groups is 1. The number of hydrogen-bond acceptors (Lipinski definition) is 3. The van der Waals surface area contributed by atoms with Gasteiger partial charge < -0.3 is 5.11 Å². The zero-order valence-corrected chi connectivity index (χ0v) is 12.3. The van der Waals surface area contributed by atoms with Gasteiger partial charge in [-0.1, -0.05) is 30.7 Å². The summed E-state index contributed by atoms with van der Waals surface area (Å²) in [4.78, 5) is 10.8.